The lowest BCUT2D eigenvalue weighted by molar-refractivity contribution is -0.141. The number of rotatable bonds is 4. The lowest BCUT2D eigenvalue weighted by atomic mass is 9.63. The van der Waals surface area contributed by atoms with Gasteiger partial charge in [0.2, 0.25) is 11.8 Å². The number of esters is 1. The fourth-order valence-corrected chi connectivity index (χ4v) is 5.65. The molecule has 2 bridgehead atoms. The highest BCUT2D eigenvalue weighted by Crippen LogP contribution is 2.65. The van der Waals surface area contributed by atoms with Gasteiger partial charge in [-0.15, -0.1) is 0 Å². The second-order valence-electron chi connectivity index (χ2n) is 9.98. The smallest absolute Gasteiger partial charge is 0.312 e. The highest BCUT2D eigenvalue weighted by molar-refractivity contribution is 6.06. The van der Waals surface area contributed by atoms with Crippen LogP contribution < -0.4 is 4.74 Å². The Balaban J connectivity index is 1.20. The molecule has 1 heterocycles. The fourth-order valence-electron chi connectivity index (χ4n) is 5.65. The lowest BCUT2D eigenvalue weighted by Crippen LogP contribution is -2.40. The van der Waals surface area contributed by atoms with E-state index in [4.69, 9.17) is 4.74 Å². The Morgan fingerprint density at radius 2 is 1.55 bits per heavy atom. The maximum Gasteiger partial charge on any atom is 0.312 e. The molecule has 3 fully saturated rings. The molecule has 5 heteroatoms. The average molecular weight is 393 g/mol. The van der Waals surface area contributed by atoms with Crippen LogP contribution in [0, 0.1) is 35.5 Å². The number of imide groups is 1. The topological polar surface area (TPSA) is 63.7 Å². The van der Waals surface area contributed by atoms with E-state index >= 15 is 0 Å². The molecule has 2 saturated carbocycles. The van der Waals surface area contributed by atoms with Crippen LogP contribution in [0.4, 0.5) is 0 Å². The molecule has 1 aliphatic heterocycles. The number of carbonyl (C=O) groups is 3. The molecule has 29 heavy (non-hydrogen) atoms. The van der Waals surface area contributed by atoms with Gasteiger partial charge in [-0.2, -0.15) is 0 Å². The van der Waals surface area contributed by atoms with E-state index in [1.165, 1.54) is 4.90 Å². The summed E-state index contributed by atoms with van der Waals surface area (Å²) >= 11 is 0. The van der Waals surface area contributed by atoms with Crippen LogP contribution in [0.15, 0.2) is 36.4 Å². The average Bonchev–Trinajstić information content (AvgIpc) is 3.45. The van der Waals surface area contributed by atoms with Crippen LogP contribution in [0.25, 0.3) is 0 Å². The molecule has 1 aromatic rings. The molecular formula is C24H27NO4. The summed E-state index contributed by atoms with van der Waals surface area (Å²) < 4.78 is 5.41. The molecule has 0 N–H and O–H groups in total. The van der Waals surface area contributed by atoms with Crippen molar-refractivity contribution in [2.75, 3.05) is 6.54 Å². The monoisotopic (exact) mass is 393 g/mol. The summed E-state index contributed by atoms with van der Waals surface area (Å²) in [5, 5.41) is 0. The molecule has 1 saturated heterocycles. The first-order valence-corrected chi connectivity index (χ1v) is 10.6. The molecule has 6 rings (SSSR count). The van der Waals surface area contributed by atoms with Gasteiger partial charge >= 0.3 is 5.97 Å². The third kappa shape index (κ3) is 2.93. The standard InChI is InChI=1S/C24H27NO4/c1-24(2,3)13-4-6-14(7-5-13)29-19(26)10-11-25-22(27)20-15-8-9-16(18-12-17(15)18)21(20)23(25)28/h4-9,15-18,20-21H,10-12H2,1-3H3/t15-,16+,17-,18+,20+,21-. The van der Waals surface area contributed by atoms with E-state index in [2.05, 4.69) is 32.9 Å². The molecule has 6 atom stereocenters. The quantitative estimate of drug-likeness (QED) is 0.341. The van der Waals surface area contributed by atoms with Gasteiger partial charge in [0.15, 0.2) is 0 Å². The van der Waals surface area contributed by atoms with Crippen molar-refractivity contribution in [3.63, 3.8) is 0 Å². The van der Waals surface area contributed by atoms with E-state index in [9.17, 15) is 14.4 Å². The maximum atomic E-state index is 12.9. The van der Waals surface area contributed by atoms with Crippen LogP contribution in [-0.4, -0.2) is 29.2 Å². The number of allylic oxidation sites excluding steroid dienone is 2. The van der Waals surface area contributed by atoms with Crippen molar-refractivity contribution in [3.8, 4) is 5.75 Å². The highest BCUT2D eigenvalue weighted by Gasteiger charge is 2.66. The largest absolute Gasteiger partial charge is 0.426 e. The van der Waals surface area contributed by atoms with Crippen molar-refractivity contribution in [2.24, 2.45) is 35.5 Å². The second kappa shape index (κ2) is 6.28. The molecule has 5 nitrogen and oxygen atoms in total. The summed E-state index contributed by atoms with van der Waals surface area (Å²) in [7, 11) is 0. The Morgan fingerprint density at radius 1 is 1.00 bits per heavy atom. The Labute approximate surface area is 171 Å². The molecule has 1 aromatic carbocycles. The van der Waals surface area contributed by atoms with Gasteiger partial charge in [-0.05, 0) is 53.2 Å². The molecule has 0 spiro atoms. The maximum absolute atomic E-state index is 12.9. The molecular weight excluding hydrogens is 366 g/mol. The summed E-state index contributed by atoms with van der Waals surface area (Å²) in [5.74, 6) is 1.07. The Hall–Kier alpha value is -2.43. The van der Waals surface area contributed by atoms with Crippen molar-refractivity contribution in [2.45, 2.75) is 39.0 Å². The van der Waals surface area contributed by atoms with Crippen LogP contribution in [0.1, 0.15) is 39.2 Å². The van der Waals surface area contributed by atoms with E-state index in [1.807, 2.05) is 12.1 Å². The van der Waals surface area contributed by atoms with Crippen LogP contribution in [0.2, 0.25) is 0 Å². The SMILES string of the molecule is CC(C)(C)c1ccc(OC(=O)CCN2C(=O)[C@@H]3[C@H]4C=C[C@H]([C@H]5C[C@@H]45)[C@@H]3C2=O)cc1. The van der Waals surface area contributed by atoms with E-state index < -0.39 is 5.97 Å². The summed E-state index contributed by atoms with van der Waals surface area (Å²) in [6.45, 7) is 6.49. The number of likely N-dealkylation sites (tertiary alicyclic amines) is 1. The normalized spacial score (nSPS) is 34.2. The van der Waals surface area contributed by atoms with E-state index in [1.54, 1.807) is 12.1 Å². The lowest BCUT2D eigenvalue weighted by Gasteiger charge is -2.37. The van der Waals surface area contributed by atoms with Gasteiger partial charge < -0.3 is 4.74 Å². The zero-order valence-corrected chi connectivity index (χ0v) is 17.1. The minimum atomic E-state index is -0.423. The van der Waals surface area contributed by atoms with Gasteiger partial charge in [-0.3, -0.25) is 19.3 Å². The highest BCUT2D eigenvalue weighted by atomic mass is 16.5. The molecule has 152 valence electrons. The Kier molecular flexibility index (Phi) is 4.03. The van der Waals surface area contributed by atoms with Gasteiger partial charge in [0.1, 0.15) is 5.75 Å². The Morgan fingerprint density at radius 3 is 2.07 bits per heavy atom. The first kappa shape index (κ1) is 18.6. The second-order valence-corrected chi connectivity index (χ2v) is 9.98. The van der Waals surface area contributed by atoms with Gasteiger partial charge in [-0.1, -0.05) is 45.1 Å². The van der Waals surface area contributed by atoms with Gasteiger partial charge in [-0.25, -0.2) is 0 Å². The predicted octanol–water partition coefficient (Wildman–Crippen LogP) is 3.33. The number of ether oxygens (including phenoxy) is 1. The van der Waals surface area contributed by atoms with Gasteiger partial charge in [0, 0.05) is 6.54 Å². The number of carbonyl (C=O) groups excluding carboxylic acids is 3. The van der Waals surface area contributed by atoms with E-state index in [0.29, 0.717) is 17.6 Å². The third-order valence-corrected chi connectivity index (χ3v) is 7.25. The number of amides is 2. The minimum Gasteiger partial charge on any atom is -0.426 e. The Bertz CT molecular complexity index is 874. The van der Waals surface area contributed by atoms with Crippen molar-refractivity contribution >= 4 is 17.8 Å². The van der Waals surface area contributed by atoms with Crippen molar-refractivity contribution in [3.05, 3.63) is 42.0 Å². The minimum absolute atomic E-state index is 0.0214. The summed E-state index contributed by atoms with van der Waals surface area (Å²) in [4.78, 5) is 39.5. The van der Waals surface area contributed by atoms with Crippen molar-refractivity contribution < 1.29 is 19.1 Å². The van der Waals surface area contributed by atoms with Gasteiger partial charge in [0.25, 0.3) is 0 Å². The summed E-state index contributed by atoms with van der Waals surface area (Å²) in [6, 6.07) is 7.48. The van der Waals surface area contributed by atoms with Crippen LogP contribution >= 0.6 is 0 Å². The van der Waals surface area contributed by atoms with Crippen molar-refractivity contribution in [1.29, 1.82) is 0 Å². The number of nitrogens with zero attached hydrogens (tertiary/aromatic N) is 1. The molecule has 0 aromatic heterocycles. The zero-order chi connectivity index (χ0) is 20.5. The van der Waals surface area contributed by atoms with Crippen LogP contribution in [-0.2, 0) is 19.8 Å². The predicted molar refractivity (Wildman–Crippen MR) is 107 cm³/mol. The molecule has 2 amide bonds. The van der Waals surface area contributed by atoms with E-state index in [0.717, 1.165) is 12.0 Å². The molecule has 0 radical (unpaired) electrons. The molecule has 0 unspecified atom stereocenters. The van der Waals surface area contributed by atoms with Crippen LogP contribution in [0.5, 0.6) is 5.75 Å². The summed E-state index contributed by atoms with van der Waals surface area (Å²) in [5.41, 5.74) is 1.19. The third-order valence-electron chi connectivity index (χ3n) is 7.25. The van der Waals surface area contributed by atoms with Crippen LogP contribution in [0.3, 0.4) is 0 Å². The van der Waals surface area contributed by atoms with Crippen molar-refractivity contribution in [1.82, 2.24) is 4.90 Å². The number of benzene rings is 1. The first-order chi connectivity index (χ1) is 13.8. The number of hydrogen-bond acceptors (Lipinski definition) is 4. The number of hydrogen-bond donors (Lipinski definition) is 0. The fraction of sp³-hybridized carbons (Fsp3) is 0.542. The summed E-state index contributed by atoms with van der Waals surface area (Å²) in [6.07, 6.45) is 5.48. The first-order valence-electron chi connectivity index (χ1n) is 10.6. The molecule has 5 aliphatic rings. The van der Waals surface area contributed by atoms with E-state index in [-0.39, 0.29) is 53.9 Å². The van der Waals surface area contributed by atoms with Gasteiger partial charge in [0.05, 0.1) is 18.3 Å². The zero-order valence-electron chi connectivity index (χ0n) is 17.1. The molecule has 4 aliphatic carbocycles.